The zero-order chi connectivity index (χ0) is 18.9. The first kappa shape index (κ1) is 18.3. The van der Waals surface area contributed by atoms with E-state index in [-0.39, 0.29) is 11.8 Å². The molecule has 3 aromatic rings. The van der Waals surface area contributed by atoms with Crippen molar-refractivity contribution in [3.05, 3.63) is 78.5 Å². The van der Waals surface area contributed by atoms with Crippen molar-refractivity contribution in [3.63, 3.8) is 0 Å². The molecule has 0 aliphatic heterocycles. The van der Waals surface area contributed by atoms with E-state index in [2.05, 4.69) is 10.3 Å². The van der Waals surface area contributed by atoms with Crippen LogP contribution in [0.5, 0.6) is 23.1 Å². The maximum absolute atomic E-state index is 12.4. The van der Waals surface area contributed by atoms with Gasteiger partial charge in [-0.05, 0) is 48.5 Å². The summed E-state index contributed by atoms with van der Waals surface area (Å²) >= 11 is 0. The quantitative estimate of drug-likeness (QED) is 0.617. The molecule has 3 rings (SSSR count). The molecule has 2 aromatic carbocycles. The van der Waals surface area contributed by atoms with Gasteiger partial charge in [-0.3, -0.25) is 4.79 Å². The highest BCUT2D eigenvalue weighted by atomic mass is 16.5. The summed E-state index contributed by atoms with van der Waals surface area (Å²) in [4.78, 5) is 16.6. The molecular formula is C21H20N2O4. The molecule has 0 spiro atoms. The third kappa shape index (κ3) is 5.22. The number of methoxy groups -OCH3 is 1. The van der Waals surface area contributed by atoms with E-state index < -0.39 is 0 Å². The van der Waals surface area contributed by atoms with E-state index in [1.165, 1.54) is 0 Å². The van der Waals surface area contributed by atoms with E-state index in [9.17, 15) is 4.79 Å². The monoisotopic (exact) mass is 364 g/mol. The number of pyridine rings is 1. The van der Waals surface area contributed by atoms with Crippen LogP contribution in [0.15, 0.2) is 72.9 Å². The van der Waals surface area contributed by atoms with Gasteiger partial charge in [0, 0.05) is 6.20 Å². The number of carbonyl (C=O) groups is 1. The number of nitrogens with zero attached hydrogens (tertiary/aromatic N) is 1. The number of carbonyl (C=O) groups excluding carboxylic acids is 1. The predicted octanol–water partition coefficient (Wildman–Crippen LogP) is 3.69. The average Bonchev–Trinajstić information content (AvgIpc) is 2.72. The number of para-hydroxylation sites is 1. The normalized spacial score (nSPS) is 10.1. The maximum atomic E-state index is 12.4. The zero-order valence-corrected chi connectivity index (χ0v) is 14.9. The van der Waals surface area contributed by atoms with E-state index in [1.807, 2.05) is 42.5 Å². The lowest BCUT2D eigenvalue weighted by molar-refractivity contribution is 0.0944. The van der Waals surface area contributed by atoms with Crippen molar-refractivity contribution < 1.29 is 19.0 Å². The van der Waals surface area contributed by atoms with Crippen LogP contribution >= 0.6 is 0 Å². The molecule has 138 valence electrons. The predicted molar refractivity (Wildman–Crippen MR) is 102 cm³/mol. The lowest BCUT2D eigenvalue weighted by Crippen LogP contribution is -2.28. The molecule has 0 fully saturated rings. The Morgan fingerprint density at radius 3 is 2.41 bits per heavy atom. The molecule has 0 saturated heterocycles. The summed E-state index contributed by atoms with van der Waals surface area (Å²) in [6, 6.07) is 19.8. The highest BCUT2D eigenvalue weighted by Crippen LogP contribution is 2.22. The molecule has 0 bridgehead atoms. The smallest absolute Gasteiger partial charge is 0.256 e. The van der Waals surface area contributed by atoms with Gasteiger partial charge >= 0.3 is 0 Å². The van der Waals surface area contributed by atoms with Crippen LogP contribution in [0.3, 0.4) is 0 Å². The number of hydrogen-bond donors (Lipinski definition) is 1. The van der Waals surface area contributed by atoms with Crippen LogP contribution in [0.4, 0.5) is 0 Å². The molecular weight excluding hydrogens is 344 g/mol. The molecule has 1 N–H and O–H groups in total. The van der Waals surface area contributed by atoms with Gasteiger partial charge < -0.3 is 19.5 Å². The van der Waals surface area contributed by atoms with Crippen molar-refractivity contribution in [2.75, 3.05) is 20.3 Å². The van der Waals surface area contributed by atoms with E-state index in [4.69, 9.17) is 14.2 Å². The summed E-state index contributed by atoms with van der Waals surface area (Å²) in [5.41, 5.74) is 0.366. The number of hydrogen-bond acceptors (Lipinski definition) is 5. The fourth-order valence-electron chi connectivity index (χ4n) is 2.35. The fourth-order valence-corrected chi connectivity index (χ4v) is 2.35. The molecule has 1 heterocycles. The Hall–Kier alpha value is -3.54. The van der Waals surface area contributed by atoms with Gasteiger partial charge in [0.2, 0.25) is 5.88 Å². The molecule has 0 radical (unpaired) electrons. The molecule has 1 aromatic heterocycles. The molecule has 0 atom stereocenters. The lowest BCUT2D eigenvalue weighted by Gasteiger charge is -2.11. The lowest BCUT2D eigenvalue weighted by atomic mass is 10.2. The summed E-state index contributed by atoms with van der Waals surface area (Å²) in [5.74, 6) is 2.08. The molecule has 6 heteroatoms. The number of nitrogens with one attached hydrogen (secondary N) is 1. The maximum Gasteiger partial charge on any atom is 0.256 e. The number of amides is 1. The third-order valence-electron chi connectivity index (χ3n) is 3.69. The van der Waals surface area contributed by atoms with Crippen LogP contribution in [0, 0.1) is 0 Å². The standard InChI is InChI=1S/C21H20N2O4/c1-25-16-9-11-17(12-10-16)26-15-14-22-20(24)19-8-5-13-23-21(19)27-18-6-3-2-4-7-18/h2-13H,14-15H2,1H3,(H,22,24). The van der Waals surface area contributed by atoms with Crippen molar-refractivity contribution in [3.8, 4) is 23.1 Å². The molecule has 0 saturated carbocycles. The van der Waals surface area contributed by atoms with Crippen molar-refractivity contribution in [1.82, 2.24) is 10.3 Å². The Bertz CT molecular complexity index is 867. The van der Waals surface area contributed by atoms with Crippen LogP contribution in [-0.4, -0.2) is 31.2 Å². The van der Waals surface area contributed by atoms with Crippen LogP contribution < -0.4 is 19.5 Å². The van der Waals surface area contributed by atoms with Crippen LogP contribution in [0.2, 0.25) is 0 Å². The summed E-state index contributed by atoms with van der Waals surface area (Å²) in [6.45, 7) is 0.692. The SMILES string of the molecule is COc1ccc(OCCNC(=O)c2cccnc2Oc2ccccc2)cc1. The van der Waals surface area contributed by atoms with Crippen LogP contribution in [0.25, 0.3) is 0 Å². The van der Waals surface area contributed by atoms with Gasteiger partial charge in [-0.25, -0.2) is 4.98 Å². The largest absolute Gasteiger partial charge is 0.497 e. The molecule has 0 aliphatic carbocycles. The summed E-state index contributed by atoms with van der Waals surface area (Å²) in [7, 11) is 1.61. The van der Waals surface area contributed by atoms with Gasteiger partial charge in [-0.15, -0.1) is 0 Å². The average molecular weight is 364 g/mol. The van der Waals surface area contributed by atoms with Gasteiger partial charge in [0.25, 0.3) is 5.91 Å². The van der Waals surface area contributed by atoms with Gasteiger partial charge in [-0.1, -0.05) is 18.2 Å². The second kappa shape index (κ2) is 9.24. The van der Waals surface area contributed by atoms with Gasteiger partial charge in [0.15, 0.2) is 0 Å². The first-order valence-electron chi connectivity index (χ1n) is 8.49. The van der Waals surface area contributed by atoms with Crippen molar-refractivity contribution in [1.29, 1.82) is 0 Å². The first-order valence-corrected chi connectivity index (χ1v) is 8.49. The Kier molecular flexibility index (Phi) is 6.25. The summed E-state index contributed by atoms with van der Waals surface area (Å²) < 4.78 is 16.4. The highest BCUT2D eigenvalue weighted by Gasteiger charge is 2.13. The van der Waals surface area contributed by atoms with E-state index in [1.54, 1.807) is 37.6 Å². The molecule has 27 heavy (non-hydrogen) atoms. The van der Waals surface area contributed by atoms with E-state index >= 15 is 0 Å². The highest BCUT2D eigenvalue weighted by molar-refractivity contribution is 5.96. The fraction of sp³-hybridized carbons (Fsp3) is 0.143. The van der Waals surface area contributed by atoms with Gasteiger partial charge in [0.1, 0.15) is 29.4 Å². The Balaban J connectivity index is 1.53. The second-order valence-electron chi connectivity index (χ2n) is 5.55. The summed E-state index contributed by atoms with van der Waals surface area (Å²) in [5, 5.41) is 2.81. The minimum atomic E-state index is -0.271. The number of aromatic nitrogens is 1. The number of ether oxygens (including phenoxy) is 3. The van der Waals surface area contributed by atoms with E-state index in [0.717, 1.165) is 5.75 Å². The Morgan fingerprint density at radius 1 is 0.926 bits per heavy atom. The Morgan fingerprint density at radius 2 is 1.67 bits per heavy atom. The number of rotatable bonds is 8. The first-order chi connectivity index (χ1) is 13.3. The van der Waals surface area contributed by atoms with Crippen LogP contribution in [0.1, 0.15) is 10.4 Å². The zero-order valence-electron chi connectivity index (χ0n) is 14.9. The summed E-state index contributed by atoms with van der Waals surface area (Å²) in [6.07, 6.45) is 1.59. The minimum absolute atomic E-state index is 0.261. The molecule has 1 amide bonds. The molecule has 0 aliphatic rings. The molecule has 6 nitrogen and oxygen atoms in total. The minimum Gasteiger partial charge on any atom is -0.497 e. The van der Waals surface area contributed by atoms with Crippen LogP contribution in [-0.2, 0) is 0 Å². The van der Waals surface area contributed by atoms with Gasteiger partial charge in [-0.2, -0.15) is 0 Å². The Labute approximate surface area is 157 Å². The number of benzene rings is 2. The van der Waals surface area contributed by atoms with Crippen molar-refractivity contribution in [2.45, 2.75) is 0 Å². The van der Waals surface area contributed by atoms with Crippen molar-refractivity contribution >= 4 is 5.91 Å². The van der Waals surface area contributed by atoms with Crippen molar-refractivity contribution in [2.24, 2.45) is 0 Å². The second-order valence-corrected chi connectivity index (χ2v) is 5.55. The van der Waals surface area contributed by atoms with Gasteiger partial charge in [0.05, 0.1) is 13.7 Å². The third-order valence-corrected chi connectivity index (χ3v) is 3.69. The topological polar surface area (TPSA) is 69.7 Å². The van der Waals surface area contributed by atoms with E-state index in [0.29, 0.717) is 30.2 Å². The molecule has 0 unspecified atom stereocenters.